The SMILES string of the molecule is CCOC(C)c1ccc(Nc2ccc(N3CCOCC3)cc2)cn1. The van der Waals surface area contributed by atoms with Crippen molar-refractivity contribution in [2.45, 2.75) is 20.0 Å². The Morgan fingerprint density at radius 1 is 1.12 bits per heavy atom. The Bertz CT molecular complexity index is 622. The van der Waals surface area contributed by atoms with Crippen LogP contribution in [0.5, 0.6) is 0 Å². The lowest BCUT2D eigenvalue weighted by Crippen LogP contribution is -2.36. The number of aromatic nitrogens is 1. The number of hydrogen-bond donors (Lipinski definition) is 1. The van der Waals surface area contributed by atoms with E-state index in [1.54, 1.807) is 0 Å². The van der Waals surface area contributed by atoms with Gasteiger partial charge in [0.2, 0.25) is 0 Å². The molecule has 1 atom stereocenters. The molecule has 24 heavy (non-hydrogen) atoms. The molecule has 0 aliphatic carbocycles. The normalized spacial score (nSPS) is 16.0. The van der Waals surface area contributed by atoms with E-state index in [4.69, 9.17) is 9.47 Å². The summed E-state index contributed by atoms with van der Waals surface area (Å²) in [7, 11) is 0. The van der Waals surface area contributed by atoms with Crippen LogP contribution in [-0.2, 0) is 9.47 Å². The van der Waals surface area contributed by atoms with E-state index in [0.29, 0.717) is 6.61 Å². The monoisotopic (exact) mass is 327 g/mol. The van der Waals surface area contributed by atoms with Gasteiger partial charge in [-0.05, 0) is 50.2 Å². The first kappa shape index (κ1) is 16.7. The summed E-state index contributed by atoms with van der Waals surface area (Å²) in [5, 5.41) is 3.39. The largest absolute Gasteiger partial charge is 0.378 e. The van der Waals surface area contributed by atoms with Gasteiger partial charge in [0, 0.05) is 31.1 Å². The molecule has 1 aromatic heterocycles. The third kappa shape index (κ3) is 4.24. The molecule has 2 heterocycles. The Labute approximate surface area is 143 Å². The standard InChI is InChI=1S/C19H25N3O2/c1-3-24-15(2)19-9-6-17(14-20-19)21-16-4-7-18(8-5-16)22-10-12-23-13-11-22/h4-9,14-15,21H,3,10-13H2,1-2H3. The van der Waals surface area contributed by atoms with Crippen LogP contribution in [0.1, 0.15) is 25.6 Å². The van der Waals surface area contributed by atoms with E-state index in [1.165, 1.54) is 5.69 Å². The highest BCUT2D eigenvalue weighted by Gasteiger charge is 2.11. The molecule has 0 bridgehead atoms. The van der Waals surface area contributed by atoms with Crippen molar-refractivity contribution in [2.75, 3.05) is 43.1 Å². The summed E-state index contributed by atoms with van der Waals surface area (Å²) in [5.74, 6) is 0. The van der Waals surface area contributed by atoms with Gasteiger partial charge in [0.15, 0.2) is 0 Å². The summed E-state index contributed by atoms with van der Waals surface area (Å²) >= 11 is 0. The third-order valence-electron chi connectivity index (χ3n) is 4.15. The summed E-state index contributed by atoms with van der Waals surface area (Å²) in [4.78, 5) is 6.82. The minimum absolute atomic E-state index is 0.0249. The van der Waals surface area contributed by atoms with Crippen LogP contribution in [0.2, 0.25) is 0 Å². The second-order valence-corrected chi connectivity index (χ2v) is 5.84. The number of benzene rings is 1. The van der Waals surface area contributed by atoms with Crippen molar-refractivity contribution in [2.24, 2.45) is 0 Å². The highest BCUT2D eigenvalue weighted by molar-refractivity contribution is 5.62. The molecule has 0 spiro atoms. The van der Waals surface area contributed by atoms with Gasteiger partial charge in [0.25, 0.3) is 0 Å². The molecule has 2 aromatic rings. The predicted octanol–water partition coefficient (Wildman–Crippen LogP) is 3.76. The Hall–Kier alpha value is -2.11. The zero-order valence-electron chi connectivity index (χ0n) is 14.4. The second-order valence-electron chi connectivity index (χ2n) is 5.84. The average Bonchev–Trinajstić information content (AvgIpc) is 2.64. The van der Waals surface area contributed by atoms with E-state index >= 15 is 0 Å². The van der Waals surface area contributed by atoms with Gasteiger partial charge in [-0.1, -0.05) is 0 Å². The van der Waals surface area contributed by atoms with E-state index in [1.807, 2.05) is 32.2 Å². The summed E-state index contributed by atoms with van der Waals surface area (Å²) in [6.45, 7) is 8.22. The molecule has 1 aromatic carbocycles. The Balaban J connectivity index is 1.61. The number of morpholine rings is 1. The van der Waals surface area contributed by atoms with Crippen LogP contribution >= 0.6 is 0 Å². The lowest BCUT2D eigenvalue weighted by atomic mass is 10.2. The molecular weight excluding hydrogens is 302 g/mol. The summed E-state index contributed by atoms with van der Waals surface area (Å²) in [6.07, 6.45) is 1.87. The van der Waals surface area contributed by atoms with E-state index in [0.717, 1.165) is 43.4 Å². The van der Waals surface area contributed by atoms with Gasteiger partial charge in [-0.3, -0.25) is 4.98 Å². The molecule has 1 fully saturated rings. The Morgan fingerprint density at radius 2 is 1.83 bits per heavy atom. The maximum Gasteiger partial charge on any atom is 0.0966 e. The van der Waals surface area contributed by atoms with Gasteiger partial charge >= 0.3 is 0 Å². The smallest absolute Gasteiger partial charge is 0.0966 e. The van der Waals surface area contributed by atoms with E-state index in [-0.39, 0.29) is 6.10 Å². The molecule has 1 aliphatic rings. The first-order chi connectivity index (χ1) is 11.8. The number of nitrogens with one attached hydrogen (secondary N) is 1. The number of ether oxygens (including phenoxy) is 2. The molecule has 0 saturated carbocycles. The third-order valence-corrected chi connectivity index (χ3v) is 4.15. The van der Waals surface area contributed by atoms with Crippen molar-refractivity contribution in [3.63, 3.8) is 0 Å². The minimum Gasteiger partial charge on any atom is -0.378 e. The van der Waals surface area contributed by atoms with Crippen LogP contribution in [0, 0.1) is 0 Å². The Morgan fingerprint density at radius 3 is 2.46 bits per heavy atom. The molecule has 1 N–H and O–H groups in total. The molecular formula is C19H25N3O2. The van der Waals surface area contributed by atoms with Crippen LogP contribution in [-0.4, -0.2) is 37.9 Å². The highest BCUT2D eigenvalue weighted by atomic mass is 16.5. The molecule has 0 amide bonds. The van der Waals surface area contributed by atoms with Gasteiger partial charge in [0.05, 0.1) is 36.9 Å². The van der Waals surface area contributed by atoms with Crippen molar-refractivity contribution in [1.82, 2.24) is 4.98 Å². The number of anilines is 3. The Kier molecular flexibility index (Phi) is 5.67. The molecule has 1 saturated heterocycles. The zero-order valence-corrected chi connectivity index (χ0v) is 14.4. The van der Waals surface area contributed by atoms with Crippen molar-refractivity contribution >= 4 is 17.1 Å². The van der Waals surface area contributed by atoms with Crippen LogP contribution in [0.15, 0.2) is 42.6 Å². The number of hydrogen-bond acceptors (Lipinski definition) is 5. The van der Waals surface area contributed by atoms with Gasteiger partial charge in [0.1, 0.15) is 0 Å². The first-order valence-electron chi connectivity index (χ1n) is 8.53. The van der Waals surface area contributed by atoms with Gasteiger partial charge in [-0.15, -0.1) is 0 Å². The summed E-state index contributed by atoms with van der Waals surface area (Å²) in [6, 6.07) is 12.5. The predicted molar refractivity (Wildman–Crippen MR) is 97.0 cm³/mol. The quantitative estimate of drug-likeness (QED) is 0.875. The average molecular weight is 327 g/mol. The minimum atomic E-state index is 0.0249. The lowest BCUT2D eigenvalue weighted by molar-refractivity contribution is 0.0734. The lowest BCUT2D eigenvalue weighted by Gasteiger charge is -2.28. The summed E-state index contributed by atoms with van der Waals surface area (Å²) < 4.78 is 11.0. The van der Waals surface area contributed by atoms with Crippen molar-refractivity contribution in [3.05, 3.63) is 48.3 Å². The molecule has 1 aliphatic heterocycles. The second kappa shape index (κ2) is 8.13. The molecule has 5 nitrogen and oxygen atoms in total. The van der Waals surface area contributed by atoms with E-state index in [9.17, 15) is 0 Å². The molecule has 3 rings (SSSR count). The zero-order chi connectivity index (χ0) is 16.8. The fourth-order valence-corrected chi connectivity index (χ4v) is 2.80. The van der Waals surface area contributed by atoms with Crippen molar-refractivity contribution < 1.29 is 9.47 Å². The molecule has 1 unspecified atom stereocenters. The first-order valence-corrected chi connectivity index (χ1v) is 8.53. The maximum absolute atomic E-state index is 5.56. The van der Waals surface area contributed by atoms with Crippen LogP contribution in [0.25, 0.3) is 0 Å². The van der Waals surface area contributed by atoms with Crippen molar-refractivity contribution in [1.29, 1.82) is 0 Å². The fraction of sp³-hybridized carbons (Fsp3) is 0.421. The van der Waals surface area contributed by atoms with Gasteiger partial charge in [-0.2, -0.15) is 0 Å². The number of rotatable bonds is 6. The summed E-state index contributed by atoms with van der Waals surface area (Å²) in [5.41, 5.74) is 4.22. The van der Waals surface area contributed by atoms with Gasteiger partial charge in [-0.25, -0.2) is 0 Å². The number of pyridine rings is 1. The topological polar surface area (TPSA) is 46.6 Å². The number of nitrogens with zero attached hydrogens (tertiary/aromatic N) is 2. The fourth-order valence-electron chi connectivity index (χ4n) is 2.80. The van der Waals surface area contributed by atoms with Gasteiger partial charge < -0.3 is 19.7 Å². The van der Waals surface area contributed by atoms with E-state index < -0.39 is 0 Å². The van der Waals surface area contributed by atoms with Crippen molar-refractivity contribution in [3.8, 4) is 0 Å². The highest BCUT2D eigenvalue weighted by Crippen LogP contribution is 2.22. The van der Waals surface area contributed by atoms with Crippen LogP contribution in [0.3, 0.4) is 0 Å². The maximum atomic E-state index is 5.56. The van der Waals surface area contributed by atoms with Crippen LogP contribution in [0.4, 0.5) is 17.1 Å². The van der Waals surface area contributed by atoms with E-state index in [2.05, 4.69) is 39.5 Å². The van der Waals surface area contributed by atoms with Crippen LogP contribution < -0.4 is 10.2 Å². The molecule has 5 heteroatoms. The molecule has 0 radical (unpaired) electrons. The molecule has 128 valence electrons.